The van der Waals surface area contributed by atoms with Crippen LogP contribution < -0.4 is 14.5 Å². The summed E-state index contributed by atoms with van der Waals surface area (Å²) in [6.45, 7) is 17.9. The Morgan fingerprint density at radius 3 is 2.23 bits per heavy atom. The number of rotatable bonds is 8. The van der Waals surface area contributed by atoms with Crippen LogP contribution in [0.1, 0.15) is 46.1 Å². The number of hydrogen-bond acceptors (Lipinski definition) is 7. The third kappa shape index (κ3) is 7.28. The summed E-state index contributed by atoms with van der Waals surface area (Å²) in [5.41, 5.74) is 2.20. The van der Waals surface area contributed by atoms with E-state index in [9.17, 15) is 4.79 Å². The van der Waals surface area contributed by atoms with Crippen molar-refractivity contribution in [1.29, 1.82) is 0 Å². The molecule has 3 heterocycles. The molecule has 39 heavy (non-hydrogen) atoms. The molecule has 2 aliphatic heterocycles. The van der Waals surface area contributed by atoms with E-state index in [1.807, 2.05) is 23.1 Å². The van der Waals surface area contributed by atoms with Gasteiger partial charge in [0, 0.05) is 51.8 Å². The van der Waals surface area contributed by atoms with Crippen LogP contribution in [-0.2, 0) is 15.8 Å². The summed E-state index contributed by atoms with van der Waals surface area (Å²) >= 11 is 0. The van der Waals surface area contributed by atoms with Crippen molar-refractivity contribution >= 4 is 25.6 Å². The second-order valence-corrected chi connectivity index (χ2v) is 17.1. The van der Waals surface area contributed by atoms with Crippen LogP contribution in [0.15, 0.2) is 30.6 Å². The van der Waals surface area contributed by atoms with Crippen molar-refractivity contribution in [3.8, 4) is 6.01 Å². The fourth-order valence-electron chi connectivity index (χ4n) is 4.76. The average molecular weight is 558 g/mol. The molecule has 8 nitrogen and oxygen atoms in total. The number of piperidine rings is 1. The van der Waals surface area contributed by atoms with Crippen molar-refractivity contribution in [2.24, 2.45) is 5.92 Å². The predicted molar refractivity (Wildman–Crippen MR) is 155 cm³/mol. The number of piperazine rings is 1. The summed E-state index contributed by atoms with van der Waals surface area (Å²) in [5.74, 6) is 0.371. The first-order valence-corrected chi connectivity index (χ1v) is 17.0. The Labute approximate surface area is 233 Å². The van der Waals surface area contributed by atoms with Gasteiger partial charge < -0.3 is 23.9 Å². The van der Waals surface area contributed by atoms with Crippen LogP contribution in [0.2, 0.25) is 18.1 Å². The van der Waals surface area contributed by atoms with Crippen molar-refractivity contribution in [3.05, 3.63) is 42.0 Å². The molecule has 1 aromatic heterocycles. The van der Waals surface area contributed by atoms with E-state index in [4.69, 9.17) is 9.16 Å². The highest BCUT2D eigenvalue weighted by Gasteiger charge is 2.37. The molecule has 4 rings (SSSR count). The van der Waals surface area contributed by atoms with Crippen LogP contribution in [0.25, 0.3) is 0 Å². The molecule has 0 radical (unpaired) electrons. The molecule has 0 spiro atoms. The van der Waals surface area contributed by atoms with E-state index in [1.165, 1.54) is 0 Å². The van der Waals surface area contributed by atoms with E-state index >= 15 is 4.39 Å². The number of nitrogens with zero attached hydrogens (tertiary/aromatic N) is 5. The molecule has 0 bridgehead atoms. The Hall–Kier alpha value is -2.72. The third-order valence-corrected chi connectivity index (χ3v) is 13.0. The van der Waals surface area contributed by atoms with Gasteiger partial charge in [-0.25, -0.2) is 14.4 Å². The van der Waals surface area contributed by atoms with Crippen molar-refractivity contribution in [2.45, 2.75) is 65.3 Å². The van der Waals surface area contributed by atoms with Crippen molar-refractivity contribution in [1.82, 2.24) is 14.9 Å². The van der Waals surface area contributed by atoms with Gasteiger partial charge in [-0.2, -0.15) is 0 Å². The SMILES string of the molecule is CC(=O)N1CCC(COc2ncc(N3CCN(c4cccc(CO[Si](C)(C)C(C)(C)C)c4F)CC3)cn2)CC1. The summed E-state index contributed by atoms with van der Waals surface area (Å²) in [7, 11) is -1.96. The molecule has 2 fully saturated rings. The maximum absolute atomic E-state index is 15.5. The second-order valence-electron chi connectivity index (χ2n) is 12.3. The zero-order chi connectivity index (χ0) is 28.2. The van der Waals surface area contributed by atoms with Gasteiger partial charge >= 0.3 is 6.01 Å². The molecule has 1 amide bonds. The topological polar surface area (TPSA) is 71.0 Å². The highest BCUT2D eigenvalue weighted by molar-refractivity contribution is 6.74. The molecule has 0 N–H and O–H groups in total. The van der Waals surface area contributed by atoms with Crippen molar-refractivity contribution in [3.63, 3.8) is 0 Å². The van der Waals surface area contributed by atoms with Crippen LogP contribution in [0, 0.1) is 11.7 Å². The van der Waals surface area contributed by atoms with Gasteiger partial charge in [-0.05, 0) is 43.0 Å². The van der Waals surface area contributed by atoms with E-state index in [-0.39, 0.29) is 16.8 Å². The van der Waals surface area contributed by atoms with Crippen molar-refractivity contribution < 1.29 is 18.3 Å². The smallest absolute Gasteiger partial charge is 0.316 e. The zero-order valence-electron chi connectivity index (χ0n) is 24.4. The maximum atomic E-state index is 15.5. The Morgan fingerprint density at radius 2 is 1.64 bits per heavy atom. The lowest BCUT2D eigenvalue weighted by atomic mass is 9.98. The monoisotopic (exact) mass is 557 g/mol. The first-order valence-electron chi connectivity index (χ1n) is 14.1. The fraction of sp³-hybridized carbons (Fsp3) is 0.621. The van der Waals surface area contributed by atoms with Gasteiger partial charge in [0.15, 0.2) is 14.1 Å². The highest BCUT2D eigenvalue weighted by Crippen LogP contribution is 2.37. The quantitative estimate of drug-likeness (QED) is 0.418. The van der Waals surface area contributed by atoms with Gasteiger partial charge in [-0.1, -0.05) is 32.9 Å². The van der Waals surface area contributed by atoms with Gasteiger partial charge in [0.25, 0.3) is 0 Å². The molecular formula is C29H44FN5O3Si. The highest BCUT2D eigenvalue weighted by atomic mass is 28.4. The number of ether oxygens (including phenoxy) is 1. The normalized spacial score (nSPS) is 17.5. The number of carbonyl (C=O) groups is 1. The Kier molecular flexibility index (Phi) is 9.16. The zero-order valence-corrected chi connectivity index (χ0v) is 25.4. The number of hydrogen-bond donors (Lipinski definition) is 0. The first-order chi connectivity index (χ1) is 18.4. The molecular weight excluding hydrogens is 513 g/mol. The number of aromatic nitrogens is 2. The number of benzene rings is 1. The van der Waals surface area contributed by atoms with Gasteiger partial charge in [0.1, 0.15) is 0 Å². The molecule has 2 saturated heterocycles. The van der Waals surface area contributed by atoms with Gasteiger partial charge in [0.2, 0.25) is 5.91 Å². The summed E-state index contributed by atoms with van der Waals surface area (Å²) in [5, 5.41) is 0.0838. The van der Waals surface area contributed by atoms with Crippen LogP contribution in [-0.4, -0.2) is 75.0 Å². The fourth-order valence-corrected chi connectivity index (χ4v) is 5.71. The molecule has 0 unspecified atom stereocenters. The Bertz CT molecular complexity index is 1110. The Balaban J connectivity index is 1.27. The van der Waals surface area contributed by atoms with E-state index in [0.29, 0.717) is 49.5 Å². The minimum absolute atomic E-state index is 0.0838. The third-order valence-electron chi connectivity index (χ3n) is 8.56. The number of halogens is 1. The molecule has 0 aliphatic carbocycles. The van der Waals surface area contributed by atoms with Gasteiger partial charge in [0.05, 0.1) is 37.0 Å². The van der Waals surface area contributed by atoms with Crippen LogP contribution in [0.4, 0.5) is 15.8 Å². The van der Waals surface area contributed by atoms with Crippen LogP contribution in [0.3, 0.4) is 0 Å². The van der Waals surface area contributed by atoms with Gasteiger partial charge in [-0.3, -0.25) is 4.79 Å². The molecule has 214 valence electrons. The lowest BCUT2D eigenvalue weighted by Gasteiger charge is -2.38. The Morgan fingerprint density at radius 1 is 1.03 bits per heavy atom. The molecule has 2 aliphatic rings. The summed E-state index contributed by atoms with van der Waals surface area (Å²) in [6, 6.07) is 6.00. The molecule has 2 aromatic rings. The lowest BCUT2D eigenvalue weighted by Crippen LogP contribution is -2.47. The number of amides is 1. The van der Waals surface area contributed by atoms with E-state index in [2.05, 4.69) is 53.6 Å². The lowest BCUT2D eigenvalue weighted by molar-refractivity contribution is -0.130. The first kappa shape index (κ1) is 29.3. The molecule has 1 aromatic carbocycles. The number of anilines is 2. The standard InChI is InChI=1S/C29H44FN5O3Si/c1-22(36)33-12-10-23(11-13-33)20-37-28-31-18-25(19-32-28)34-14-16-35(17-15-34)26-9-7-8-24(27(26)30)21-38-39(5,6)29(2,3)4/h7-9,18-19,23H,10-17,20-21H2,1-6H3. The predicted octanol–water partition coefficient (Wildman–Crippen LogP) is 5.10. The van der Waals surface area contributed by atoms with Crippen molar-refractivity contribution in [2.75, 3.05) is 55.7 Å². The number of likely N-dealkylation sites (tertiary alicyclic amines) is 1. The number of carbonyl (C=O) groups excluding carboxylic acids is 1. The minimum atomic E-state index is -1.96. The molecule has 0 saturated carbocycles. The average Bonchev–Trinajstić information content (AvgIpc) is 2.91. The van der Waals surface area contributed by atoms with E-state index < -0.39 is 8.32 Å². The van der Waals surface area contributed by atoms with E-state index in [1.54, 1.807) is 19.3 Å². The largest absolute Gasteiger partial charge is 0.463 e. The summed E-state index contributed by atoms with van der Waals surface area (Å²) in [6.07, 6.45) is 5.48. The summed E-state index contributed by atoms with van der Waals surface area (Å²) < 4.78 is 27.6. The van der Waals surface area contributed by atoms with Gasteiger partial charge in [-0.15, -0.1) is 0 Å². The maximum Gasteiger partial charge on any atom is 0.316 e. The summed E-state index contributed by atoms with van der Waals surface area (Å²) in [4.78, 5) is 26.5. The minimum Gasteiger partial charge on any atom is -0.463 e. The van der Waals surface area contributed by atoms with Crippen LogP contribution in [0.5, 0.6) is 6.01 Å². The van der Waals surface area contributed by atoms with E-state index in [0.717, 1.165) is 44.7 Å². The van der Waals surface area contributed by atoms with Crippen LogP contribution >= 0.6 is 0 Å². The second kappa shape index (κ2) is 12.2. The molecule has 10 heteroatoms. The molecule has 0 atom stereocenters.